The summed E-state index contributed by atoms with van der Waals surface area (Å²) in [6.45, 7) is 0. The van der Waals surface area contributed by atoms with Crippen molar-refractivity contribution in [2.45, 2.75) is 0 Å². The second-order valence-electron chi connectivity index (χ2n) is 4.96. The molecule has 0 saturated heterocycles. The maximum atomic E-state index is 10.2. The number of hydrogen-bond donors (Lipinski definition) is 0. The van der Waals surface area contributed by atoms with E-state index in [1.54, 1.807) is 24.3 Å². The lowest BCUT2D eigenvalue weighted by Crippen LogP contribution is -2.21. The Morgan fingerprint density at radius 2 is 1.00 bits per heavy atom. The van der Waals surface area contributed by atoms with Crippen molar-refractivity contribution in [2.24, 2.45) is 0 Å². The number of carboxylic acids is 2. The number of hydrogen-bond acceptors (Lipinski definition) is 5. The third-order valence-electron chi connectivity index (χ3n) is 2.98. The number of benzene rings is 3. The molecule has 8 heteroatoms. The third-order valence-corrected chi connectivity index (χ3v) is 5.27. The highest BCUT2D eigenvalue weighted by Crippen LogP contribution is 2.10. The van der Waals surface area contributed by atoms with E-state index in [1.807, 2.05) is 30.3 Å². The Hall–Kier alpha value is -1.91. The smallest absolute Gasteiger partial charge is 0.182 e. The fraction of sp³-hybridized carbons (Fsp3) is 0. The zero-order chi connectivity index (χ0) is 20.9. The fourth-order valence-electron chi connectivity index (χ4n) is 1.64. The van der Waals surface area contributed by atoms with Crippen molar-refractivity contribution in [2.75, 3.05) is 0 Å². The van der Waals surface area contributed by atoms with Gasteiger partial charge in [0.15, 0.2) is 21.2 Å². The molecule has 0 aliphatic rings. The molecule has 3 rings (SSSR count). The van der Waals surface area contributed by atoms with Gasteiger partial charge in [-0.05, 0) is 47.5 Å². The molecule has 0 aliphatic carbocycles. The van der Waals surface area contributed by atoms with Gasteiger partial charge in [0.2, 0.25) is 0 Å². The van der Waals surface area contributed by atoms with Crippen LogP contribution in [0.5, 0.6) is 0 Å². The molecule has 3 aromatic carbocycles. The van der Waals surface area contributed by atoms with Gasteiger partial charge in [0.1, 0.15) is 0 Å². The first-order chi connectivity index (χ1) is 13.3. The van der Waals surface area contributed by atoms with Crippen LogP contribution in [0.4, 0.5) is 0 Å². The number of rotatable bonds is 3. The van der Waals surface area contributed by atoms with E-state index in [0.717, 1.165) is 12.5 Å². The molecule has 0 unspecified atom stereocenters. The van der Waals surface area contributed by atoms with E-state index < -0.39 is 33.1 Å². The molecule has 28 heavy (non-hydrogen) atoms. The molecule has 0 heterocycles. The normalized spacial score (nSPS) is 9.21. The Morgan fingerprint density at radius 3 is 1.25 bits per heavy atom. The van der Waals surface area contributed by atoms with Gasteiger partial charge in [-0.25, -0.2) is 0 Å². The summed E-state index contributed by atoms with van der Waals surface area (Å²) >= 11 is 5.42. The highest BCUT2D eigenvalue weighted by molar-refractivity contribution is 14.1. The molecule has 0 aromatic heterocycles. The van der Waals surface area contributed by atoms with Crippen molar-refractivity contribution in [3.63, 3.8) is 0 Å². The molecule has 0 amide bonds. The molecule has 0 spiro atoms. The Balaban J connectivity index is 0.000000212. The number of halogens is 3. The molecule has 0 atom stereocenters. The predicted molar refractivity (Wildman–Crippen MR) is 117 cm³/mol. The average molecular weight is 620 g/mol. The summed E-state index contributed by atoms with van der Waals surface area (Å²) in [4.78, 5) is 20.4. The van der Waals surface area contributed by atoms with Crippen LogP contribution < -0.4 is 10.2 Å². The number of carbonyl (C=O) groups excluding carboxylic acids is 2. The minimum absolute atomic E-state index is 0.197. The van der Waals surface area contributed by atoms with Crippen molar-refractivity contribution in [1.29, 1.82) is 0 Å². The molecule has 0 N–H and O–H groups in total. The summed E-state index contributed by atoms with van der Waals surface area (Å²) in [6.07, 6.45) is 0. The van der Waals surface area contributed by atoms with Gasteiger partial charge in [0.05, 0.1) is 11.9 Å². The maximum absolute atomic E-state index is 10.2. The van der Waals surface area contributed by atoms with Crippen LogP contribution in [0, 0.1) is 3.57 Å². The van der Waals surface area contributed by atoms with Crippen LogP contribution in [0.25, 0.3) is 0 Å². The van der Waals surface area contributed by atoms with Gasteiger partial charge < -0.3 is 19.8 Å². The zero-order valence-electron chi connectivity index (χ0n) is 14.2. The molecule has 3 aromatic rings. The minimum atomic E-state index is -1.15. The zero-order valence-corrected chi connectivity index (χ0v) is 19.5. The molecule has 146 valence electrons. The quantitative estimate of drug-likeness (QED) is 0.416. The van der Waals surface area contributed by atoms with Gasteiger partial charge in [-0.3, -0.25) is 3.07 Å². The summed E-state index contributed by atoms with van der Waals surface area (Å²) in [6, 6.07) is 22.0. The number of aromatic carboxylic acids is 2. The van der Waals surface area contributed by atoms with E-state index in [9.17, 15) is 22.9 Å². The SMILES string of the molecule is O=C([O-])c1ccc(Br)cc1.O=C([O-])c1ccc(Br)cc1.O=Ic1ccccc1. The van der Waals surface area contributed by atoms with Gasteiger partial charge in [-0.1, -0.05) is 74.3 Å². The van der Waals surface area contributed by atoms with E-state index in [-0.39, 0.29) is 11.1 Å². The first-order valence-corrected chi connectivity index (χ1v) is 11.1. The van der Waals surface area contributed by atoms with Crippen molar-refractivity contribution in [3.8, 4) is 0 Å². The molecular formula is C20H13Br2IO5-2. The van der Waals surface area contributed by atoms with Crippen LogP contribution in [0.2, 0.25) is 0 Å². The van der Waals surface area contributed by atoms with E-state index >= 15 is 0 Å². The molecule has 5 nitrogen and oxygen atoms in total. The fourth-order valence-corrected chi connectivity index (χ4v) is 2.88. The second kappa shape index (κ2) is 13.3. The Bertz CT molecular complexity index is 843. The first kappa shape index (κ1) is 24.1. The van der Waals surface area contributed by atoms with Crippen LogP contribution in [0.1, 0.15) is 20.7 Å². The van der Waals surface area contributed by atoms with Gasteiger partial charge in [-0.15, -0.1) is 0 Å². The maximum Gasteiger partial charge on any atom is 0.182 e. The average Bonchev–Trinajstić information content (AvgIpc) is 2.70. The van der Waals surface area contributed by atoms with Crippen molar-refractivity contribution >= 4 is 65.0 Å². The van der Waals surface area contributed by atoms with Crippen LogP contribution in [0.3, 0.4) is 0 Å². The predicted octanol–water partition coefficient (Wildman–Crippen LogP) is 3.80. The van der Waals surface area contributed by atoms with Crippen molar-refractivity contribution in [3.05, 3.63) is 103 Å². The van der Waals surface area contributed by atoms with Gasteiger partial charge >= 0.3 is 0 Å². The lowest BCUT2D eigenvalue weighted by atomic mass is 10.2. The highest BCUT2D eigenvalue weighted by Gasteiger charge is 1.91. The summed E-state index contributed by atoms with van der Waals surface area (Å²) in [5.74, 6) is -2.29. The minimum Gasteiger partial charge on any atom is -0.545 e. The Kier molecular flexibility index (Phi) is 11.5. The number of carbonyl (C=O) groups is 2. The van der Waals surface area contributed by atoms with Crippen LogP contribution in [-0.2, 0) is 3.07 Å². The summed E-state index contributed by atoms with van der Waals surface area (Å²) in [7, 11) is 0. The van der Waals surface area contributed by atoms with E-state index in [0.29, 0.717) is 0 Å². The number of carboxylic acid groups (broad SMARTS) is 2. The highest BCUT2D eigenvalue weighted by atomic mass is 127. The van der Waals surface area contributed by atoms with Crippen molar-refractivity contribution < 1.29 is 22.9 Å². The summed E-state index contributed by atoms with van der Waals surface area (Å²) in [5.41, 5.74) is 0.395. The van der Waals surface area contributed by atoms with Gasteiger partial charge in [0.25, 0.3) is 0 Å². The molecule has 0 saturated carbocycles. The van der Waals surface area contributed by atoms with E-state index in [1.165, 1.54) is 24.3 Å². The van der Waals surface area contributed by atoms with Crippen LogP contribution in [0.15, 0.2) is 87.8 Å². The molecule has 0 fully saturated rings. The van der Waals surface area contributed by atoms with E-state index in [4.69, 9.17) is 0 Å². The van der Waals surface area contributed by atoms with Crippen molar-refractivity contribution in [1.82, 2.24) is 0 Å². The second-order valence-corrected chi connectivity index (χ2v) is 8.48. The molecule has 0 bridgehead atoms. The topological polar surface area (TPSA) is 97.3 Å². The monoisotopic (exact) mass is 618 g/mol. The largest absolute Gasteiger partial charge is 0.545 e. The molecular weight excluding hydrogens is 607 g/mol. The Labute approximate surface area is 189 Å². The van der Waals surface area contributed by atoms with Gasteiger partial charge in [0, 0.05) is 12.5 Å². The summed E-state index contributed by atoms with van der Waals surface area (Å²) < 4.78 is 12.9. The third kappa shape index (κ3) is 9.86. The lowest BCUT2D eigenvalue weighted by Gasteiger charge is -1.99. The van der Waals surface area contributed by atoms with E-state index in [2.05, 4.69) is 31.9 Å². The molecule has 0 radical (unpaired) electrons. The summed E-state index contributed by atoms with van der Waals surface area (Å²) in [5, 5.41) is 20.4. The van der Waals surface area contributed by atoms with Gasteiger partial charge in [-0.2, -0.15) is 0 Å². The standard InChI is InChI=1S/2C7H5BrO2.C6H5IO/c2*8-6-3-1-5(2-4-6)7(9)10;8-7-6-4-2-1-3-5-6/h2*1-4H,(H,9,10);1-5H/p-2. The Morgan fingerprint density at radius 1 is 0.643 bits per heavy atom. The van der Waals surface area contributed by atoms with Crippen LogP contribution in [-0.4, -0.2) is 11.9 Å². The lowest BCUT2D eigenvalue weighted by molar-refractivity contribution is -0.256. The molecule has 0 aliphatic heterocycles. The first-order valence-electron chi connectivity index (χ1n) is 7.59. The van der Waals surface area contributed by atoms with Crippen LogP contribution >= 0.6 is 53.1 Å².